The van der Waals surface area contributed by atoms with E-state index in [9.17, 15) is 9.59 Å². The van der Waals surface area contributed by atoms with Gasteiger partial charge < -0.3 is 10.2 Å². The molecule has 0 aromatic rings. The fourth-order valence-electron chi connectivity index (χ4n) is 1.78. The number of rotatable bonds is 4. The van der Waals surface area contributed by atoms with Crippen molar-refractivity contribution < 1.29 is 9.59 Å². The molecule has 4 heteroatoms. The fourth-order valence-corrected chi connectivity index (χ4v) is 1.78. The standard InChI is InChI=1S/C12H22N2O2/c1-5-12(3,4)13-11(16)9-7-10(15)14(6-2)8-9/h9H,5-8H2,1-4H3,(H,13,16)/t9-/m0/s1. The second-order valence-corrected chi connectivity index (χ2v) is 5.06. The van der Waals surface area contributed by atoms with E-state index in [2.05, 4.69) is 5.32 Å². The number of carbonyl (C=O) groups excluding carboxylic acids is 2. The Morgan fingerprint density at radius 2 is 2.12 bits per heavy atom. The van der Waals surface area contributed by atoms with Crippen LogP contribution in [0.5, 0.6) is 0 Å². The molecule has 4 nitrogen and oxygen atoms in total. The molecule has 1 fully saturated rings. The molecule has 1 aliphatic heterocycles. The summed E-state index contributed by atoms with van der Waals surface area (Å²) >= 11 is 0. The number of hydrogen-bond acceptors (Lipinski definition) is 2. The largest absolute Gasteiger partial charge is 0.351 e. The predicted molar refractivity (Wildman–Crippen MR) is 62.9 cm³/mol. The van der Waals surface area contributed by atoms with Crippen LogP contribution < -0.4 is 5.32 Å². The molecule has 0 spiro atoms. The van der Waals surface area contributed by atoms with Crippen LogP contribution in [0.4, 0.5) is 0 Å². The van der Waals surface area contributed by atoms with Crippen LogP contribution in [0.25, 0.3) is 0 Å². The Kier molecular flexibility index (Phi) is 3.94. The summed E-state index contributed by atoms with van der Waals surface area (Å²) in [7, 11) is 0. The SMILES string of the molecule is CCN1C[C@@H](C(=O)NC(C)(C)CC)CC1=O. The normalized spacial score (nSPS) is 21.4. The average Bonchev–Trinajstić information content (AvgIpc) is 2.59. The van der Waals surface area contributed by atoms with Crippen LogP contribution in [0.15, 0.2) is 0 Å². The summed E-state index contributed by atoms with van der Waals surface area (Å²) in [6.07, 6.45) is 1.25. The maximum Gasteiger partial charge on any atom is 0.225 e. The first-order valence-electron chi connectivity index (χ1n) is 5.99. The van der Waals surface area contributed by atoms with Gasteiger partial charge in [0.05, 0.1) is 5.92 Å². The summed E-state index contributed by atoms with van der Waals surface area (Å²) in [6, 6.07) is 0. The van der Waals surface area contributed by atoms with Crippen molar-refractivity contribution in [1.82, 2.24) is 10.2 Å². The molecule has 0 aromatic carbocycles. The number of likely N-dealkylation sites (tertiary alicyclic amines) is 1. The van der Waals surface area contributed by atoms with Gasteiger partial charge in [-0.05, 0) is 27.2 Å². The monoisotopic (exact) mass is 226 g/mol. The smallest absolute Gasteiger partial charge is 0.225 e. The average molecular weight is 226 g/mol. The highest BCUT2D eigenvalue weighted by atomic mass is 16.2. The lowest BCUT2D eigenvalue weighted by atomic mass is 9.99. The minimum atomic E-state index is -0.181. The van der Waals surface area contributed by atoms with E-state index in [0.717, 1.165) is 6.42 Å². The maximum absolute atomic E-state index is 11.9. The van der Waals surface area contributed by atoms with Crippen molar-refractivity contribution in [2.75, 3.05) is 13.1 Å². The first-order chi connectivity index (χ1) is 7.39. The Labute approximate surface area is 97.4 Å². The zero-order valence-electron chi connectivity index (χ0n) is 10.7. The van der Waals surface area contributed by atoms with Crippen molar-refractivity contribution in [2.45, 2.75) is 46.1 Å². The van der Waals surface area contributed by atoms with Gasteiger partial charge in [-0.1, -0.05) is 6.92 Å². The van der Waals surface area contributed by atoms with E-state index in [1.165, 1.54) is 0 Å². The Bertz CT molecular complexity index is 287. The molecule has 92 valence electrons. The van der Waals surface area contributed by atoms with Gasteiger partial charge in [0.25, 0.3) is 0 Å². The lowest BCUT2D eigenvalue weighted by Gasteiger charge is -2.26. The Hall–Kier alpha value is -1.06. The highest BCUT2D eigenvalue weighted by molar-refractivity contribution is 5.89. The Morgan fingerprint density at radius 3 is 2.56 bits per heavy atom. The van der Waals surface area contributed by atoms with Gasteiger partial charge in [0, 0.05) is 25.0 Å². The third-order valence-corrected chi connectivity index (χ3v) is 3.31. The highest BCUT2D eigenvalue weighted by Crippen LogP contribution is 2.19. The van der Waals surface area contributed by atoms with Gasteiger partial charge in [-0.25, -0.2) is 0 Å². The molecular formula is C12H22N2O2. The van der Waals surface area contributed by atoms with Crippen LogP contribution in [0.3, 0.4) is 0 Å². The van der Waals surface area contributed by atoms with Crippen molar-refractivity contribution in [3.63, 3.8) is 0 Å². The molecule has 1 rings (SSSR count). The van der Waals surface area contributed by atoms with E-state index >= 15 is 0 Å². The van der Waals surface area contributed by atoms with E-state index in [4.69, 9.17) is 0 Å². The number of hydrogen-bond donors (Lipinski definition) is 1. The molecular weight excluding hydrogens is 204 g/mol. The van der Waals surface area contributed by atoms with E-state index in [1.54, 1.807) is 4.90 Å². The summed E-state index contributed by atoms with van der Waals surface area (Å²) in [4.78, 5) is 25.2. The van der Waals surface area contributed by atoms with Crippen molar-refractivity contribution in [1.29, 1.82) is 0 Å². The van der Waals surface area contributed by atoms with Crippen molar-refractivity contribution in [2.24, 2.45) is 5.92 Å². The molecule has 2 amide bonds. The molecule has 1 aliphatic rings. The number of nitrogens with zero attached hydrogens (tertiary/aromatic N) is 1. The predicted octanol–water partition coefficient (Wildman–Crippen LogP) is 1.16. The molecule has 0 aromatic heterocycles. The first kappa shape index (κ1) is 13.0. The molecule has 1 saturated heterocycles. The molecule has 1 atom stereocenters. The topological polar surface area (TPSA) is 49.4 Å². The van der Waals surface area contributed by atoms with Crippen molar-refractivity contribution in [3.8, 4) is 0 Å². The summed E-state index contributed by atoms with van der Waals surface area (Å²) in [5.74, 6) is -0.0635. The number of nitrogens with one attached hydrogen (secondary N) is 1. The lowest BCUT2D eigenvalue weighted by Crippen LogP contribution is -2.46. The zero-order chi connectivity index (χ0) is 12.3. The van der Waals surface area contributed by atoms with Gasteiger partial charge in [0.2, 0.25) is 11.8 Å². The highest BCUT2D eigenvalue weighted by Gasteiger charge is 2.34. The van der Waals surface area contributed by atoms with Crippen LogP contribution in [-0.4, -0.2) is 35.3 Å². The second kappa shape index (κ2) is 4.85. The van der Waals surface area contributed by atoms with E-state index in [1.807, 2.05) is 27.7 Å². The fraction of sp³-hybridized carbons (Fsp3) is 0.833. The molecule has 0 radical (unpaired) electrons. The summed E-state index contributed by atoms with van der Waals surface area (Å²) in [6.45, 7) is 9.24. The van der Waals surface area contributed by atoms with Crippen LogP contribution in [-0.2, 0) is 9.59 Å². The van der Waals surface area contributed by atoms with Gasteiger partial charge in [0.1, 0.15) is 0 Å². The Balaban J connectivity index is 2.54. The summed E-state index contributed by atoms with van der Waals surface area (Å²) < 4.78 is 0. The summed E-state index contributed by atoms with van der Waals surface area (Å²) in [5.41, 5.74) is -0.181. The molecule has 1 heterocycles. The summed E-state index contributed by atoms with van der Waals surface area (Å²) in [5, 5.41) is 3.00. The van der Waals surface area contributed by atoms with E-state index in [-0.39, 0.29) is 23.3 Å². The minimum absolute atomic E-state index is 0.0103. The van der Waals surface area contributed by atoms with Gasteiger partial charge in [-0.3, -0.25) is 9.59 Å². The van der Waals surface area contributed by atoms with Crippen LogP contribution in [0, 0.1) is 5.92 Å². The second-order valence-electron chi connectivity index (χ2n) is 5.06. The third kappa shape index (κ3) is 2.97. The van der Waals surface area contributed by atoms with Gasteiger partial charge in [-0.2, -0.15) is 0 Å². The number of carbonyl (C=O) groups is 2. The molecule has 0 bridgehead atoms. The molecule has 0 aliphatic carbocycles. The van der Waals surface area contributed by atoms with E-state index < -0.39 is 0 Å². The Morgan fingerprint density at radius 1 is 1.50 bits per heavy atom. The molecule has 1 N–H and O–H groups in total. The van der Waals surface area contributed by atoms with Crippen LogP contribution >= 0.6 is 0 Å². The number of amides is 2. The van der Waals surface area contributed by atoms with Gasteiger partial charge in [0.15, 0.2) is 0 Å². The molecule has 16 heavy (non-hydrogen) atoms. The third-order valence-electron chi connectivity index (χ3n) is 3.31. The van der Waals surface area contributed by atoms with E-state index in [0.29, 0.717) is 19.5 Å². The molecule has 0 unspecified atom stereocenters. The minimum Gasteiger partial charge on any atom is -0.351 e. The van der Waals surface area contributed by atoms with Crippen molar-refractivity contribution in [3.05, 3.63) is 0 Å². The quantitative estimate of drug-likeness (QED) is 0.782. The molecule has 0 saturated carbocycles. The zero-order valence-corrected chi connectivity index (χ0v) is 10.7. The maximum atomic E-state index is 11.9. The lowest BCUT2D eigenvalue weighted by molar-refractivity contribution is -0.129. The van der Waals surface area contributed by atoms with Gasteiger partial charge in [-0.15, -0.1) is 0 Å². The van der Waals surface area contributed by atoms with Crippen molar-refractivity contribution >= 4 is 11.8 Å². The first-order valence-corrected chi connectivity index (χ1v) is 5.99. The van der Waals surface area contributed by atoms with Gasteiger partial charge >= 0.3 is 0 Å². The van der Waals surface area contributed by atoms with Crippen LogP contribution in [0.1, 0.15) is 40.5 Å². The van der Waals surface area contributed by atoms with Crippen LogP contribution in [0.2, 0.25) is 0 Å².